The molecule has 1 aromatic carbocycles. The van der Waals surface area contributed by atoms with Gasteiger partial charge in [0, 0.05) is 48.6 Å². The Kier molecular flexibility index (Phi) is 7.52. The van der Waals surface area contributed by atoms with Gasteiger partial charge in [0.15, 0.2) is 0 Å². The summed E-state index contributed by atoms with van der Waals surface area (Å²) < 4.78 is 19.4. The van der Waals surface area contributed by atoms with Crippen molar-refractivity contribution in [2.45, 2.75) is 45.6 Å². The standard InChI is InChI=1S/C22H28FN3O3/c1-2-29-20(28)8-3-5-16-9-11-26(12-10-16)22-24-13-18(14-25-22)19-7-4-6-17(15-27)21(19)23/h4,6-7,13-14,16,27H,2-3,5,8-12,15H2,1H3. The van der Waals surface area contributed by atoms with E-state index in [2.05, 4.69) is 14.9 Å². The van der Waals surface area contributed by atoms with Crippen molar-refractivity contribution in [3.63, 3.8) is 0 Å². The average Bonchev–Trinajstić information content (AvgIpc) is 2.75. The molecule has 1 aliphatic heterocycles. The number of benzene rings is 1. The van der Waals surface area contributed by atoms with Crippen LogP contribution in [0, 0.1) is 11.7 Å². The number of esters is 1. The zero-order valence-electron chi connectivity index (χ0n) is 16.8. The third-order valence-electron chi connectivity index (χ3n) is 5.39. The van der Waals surface area contributed by atoms with Crippen LogP contribution < -0.4 is 4.90 Å². The molecule has 1 aliphatic rings. The van der Waals surface area contributed by atoms with E-state index >= 15 is 0 Å². The Labute approximate surface area is 170 Å². The molecule has 0 amide bonds. The van der Waals surface area contributed by atoms with Crippen molar-refractivity contribution in [2.75, 3.05) is 24.6 Å². The molecule has 2 heterocycles. The number of hydrogen-bond acceptors (Lipinski definition) is 6. The van der Waals surface area contributed by atoms with Crippen LogP contribution in [0.1, 0.15) is 44.6 Å². The largest absolute Gasteiger partial charge is 0.466 e. The summed E-state index contributed by atoms with van der Waals surface area (Å²) in [6.45, 7) is 3.67. The van der Waals surface area contributed by atoms with Gasteiger partial charge in [0.1, 0.15) is 5.82 Å². The fraction of sp³-hybridized carbons (Fsp3) is 0.500. The summed E-state index contributed by atoms with van der Waals surface area (Å²) in [6, 6.07) is 4.93. The van der Waals surface area contributed by atoms with E-state index in [1.165, 1.54) is 0 Å². The van der Waals surface area contributed by atoms with E-state index in [1.807, 2.05) is 6.92 Å². The summed E-state index contributed by atoms with van der Waals surface area (Å²) in [5, 5.41) is 9.23. The fourth-order valence-electron chi connectivity index (χ4n) is 3.74. The molecule has 1 saturated heterocycles. The van der Waals surface area contributed by atoms with E-state index in [9.17, 15) is 14.3 Å². The molecule has 0 spiro atoms. The van der Waals surface area contributed by atoms with Gasteiger partial charge in [-0.05, 0) is 38.5 Å². The second kappa shape index (κ2) is 10.3. The number of aliphatic hydroxyl groups is 1. The monoisotopic (exact) mass is 401 g/mol. The number of carbonyl (C=O) groups is 1. The molecule has 0 bridgehead atoms. The summed E-state index contributed by atoms with van der Waals surface area (Å²) in [6.07, 6.45) is 7.75. The van der Waals surface area contributed by atoms with Crippen molar-refractivity contribution < 1.29 is 19.0 Å². The molecule has 0 atom stereocenters. The van der Waals surface area contributed by atoms with Gasteiger partial charge in [0.05, 0.1) is 13.2 Å². The first-order valence-electron chi connectivity index (χ1n) is 10.2. The first-order valence-corrected chi connectivity index (χ1v) is 10.2. The molecular weight excluding hydrogens is 373 g/mol. The van der Waals surface area contributed by atoms with Gasteiger partial charge in [-0.3, -0.25) is 4.79 Å². The molecule has 1 fully saturated rings. The second-order valence-electron chi connectivity index (χ2n) is 7.34. The first kappa shape index (κ1) is 21.2. The number of ether oxygens (including phenoxy) is 1. The van der Waals surface area contributed by atoms with Gasteiger partial charge in [-0.2, -0.15) is 0 Å². The van der Waals surface area contributed by atoms with Gasteiger partial charge in [-0.1, -0.05) is 18.2 Å². The lowest BCUT2D eigenvalue weighted by Gasteiger charge is -2.32. The predicted octanol–water partition coefficient (Wildman–Crippen LogP) is 3.72. The molecule has 0 aliphatic carbocycles. The number of aliphatic hydroxyl groups excluding tert-OH is 1. The zero-order valence-corrected chi connectivity index (χ0v) is 16.8. The number of carbonyl (C=O) groups excluding carboxylic acids is 1. The number of hydrogen-bond donors (Lipinski definition) is 1. The fourth-order valence-corrected chi connectivity index (χ4v) is 3.74. The number of piperidine rings is 1. The molecular formula is C22H28FN3O3. The van der Waals surface area contributed by atoms with Gasteiger partial charge >= 0.3 is 5.97 Å². The molecule has 0 unspecified atom stereocenters. The van der Waals surface area contributed by atoms with Crippen LogP contribution in [0.15, 0.2) is 30.6 Å². The van der Waals surface area contributed by atoms with Crippen molar-refractivity contribution in [3.05, 3.63) is 42.0 Å². The number of nitrogens with zero attached hydrogens (tertiary/aromatic N) is 3. The summed E-state index contributed by atoms with van der Waals surface area (Å²) in [7, 11) is 0. The number of aromatic nitrogens is 2. The van der Waals surface area contributed by atoms with Gasteiger partial charge in [-0.15, -0.1) is 0 Å². The highest BCUT2D eigenvalue weighted by atomic mass is 19.1. The Balaban J connectivity index is 1.52. The SMILES string of the molecule is CCOC(=O)CCCC1CCN(c2ncc(-c3cccc(CO)c3F)cn2)CC1. The average molecular weight is 401 g/mol. The van der Waals surface area contributed by atoms with Crippen molar-refractivity contribution in [1.82, 2.24) is 9.97 Å². The molecule has 7 heteroatoms. The third-order valence-corrected chi connectivity index (χ3v) is 5.39. The lowest BCUT2D eigenvalue weighted by molar-refractivity contribution is -0.143. The van der Waals surface area contributed by atoms with E-state index in [-0.39, 0.29) is 18.1 Å². The van der Waals surface area contributed by atoms with Crippen LogP contribution in [0.3, 0.4) is 0 Å². The topological polar surface area (TPSA) is 75.5 Å². The summed E-state index contributed by atoms with van der Waals surface area (Å²) in [5.74, 6) is 0.710. The summed E-state index contributed by atoms with van der Waals surface area (Å²) >= 11 is 0. The summed E-state index contributed by atoms with van der Waals surface area (Å²) in [4.78, 5) is 22.4. The number of rotatable bonds is 8. The van der Waals surface area contributed by atoms with Crippen LogP contribution in [0.4, 0.5) is 10.3 Å². The van der Waals surface area contributed by atoms with Crippen molar-refractivity contribution in [2.24, 2.45) is 5.92 Å². The highest BCUT2D eigenvalue weighted by molar-refractivity contribution is 5.69. The Morgan fingerprint density at radius 1 is 1.28 bits per heavy atom. The Morgan fingerprint density at radius 3 is 2.66 bits per heavy atom. The summed E-state index contributed by atoms with van der Waals surface area (Å²) in [5.41, 5.74) is 1.25. The number of anilines is 1. The lowest BCUT2D eigenvalue weighted by Crippen LogP contribution is -2.34. The van der Waals surface area contributed by atoms with Crippen molar-refractivity contribution in [1.29, 1.82) is 0 Å². The van der Waals surface area contributed by atoms with E-state index in [0.717, 1.165) is 38.8 Å². The van der Waals surface area contributed by atoms with Gasteiger partial charge in [0.2, 0.25) is 5.95 Å². The van der Waals surface area contributed by atoms with E-state index in [1.54, 1.807) is 30.6 Å². The minimum atomic E-state index is -0.435. The van der Waals surface area contributed by atoms with Gasteiger partial charge in [-0.25, -0.2) is 14.4 Å². The third kappa shape index (κ3) is 5.50. The maximum atomic E-state index is 14.4. The Hall–Kier alpha value is -2.54. The Morgan fingerprint density at radius 2 is 2.00 bits per heavy atom. The zero-order chi connectivity index (χ0) is 20.6. The Bertz CT molecular complexity index is 805. The van der Waals surface area contributed by atoms with Crippen LogP contribution in [0.25, 0.3) is 11.1 Å². The second-order valence-corrected chi connectivity index (χ2v) is 7.34. The van der Waals surface area contributed by atoms with Gasteiger partial charge < -0.3 is 14.7 Å². The van der Waals surface area contributed by atoms with E-state index < -0.39 is 5.82 Å². The lowest BCUT2D eigenvalue weighted by atomic mass is 9.92. The molecule has 0 radical (unpaired) electrons. The molecule has 156 valence electrons. The van der Waals surface area contributed by atoms with E-state index in [4.69, 9.17) is 4.74 Å². The van der Waals surface area contributed by atoms with Gasteiger partial charge in [0.25, 0.3) is 0 Å². The number of halogens is 1. The first-order chi connectivity index (χ1) is 14.1. The molecule has 29 heavy (non-hydrogen) atoms. The molecule has 3 rings (SSSR count). The van der Waals surface area contributed by atoms with Crippen LogP contribution in [0.2, 0.25) is 0 Å². The molecule has 2 aromatic rings. The minimum absolute atomic E-state index is 0.112. The smallest absolute Gasteiger partial charge is 0.305 e. The highest BCUT2D eigenvalue weighted by Gasteiger charge is 2.21. The van der Waals surface area contributed by atoms with Crippen molar-refractivity contribution in [3.8, 4) is 11.1 Å². The predicted molar refractivity (Wildman–Crippen MR) is 109 cm³/mol. The van der Waals surface area contributed by atoms with Crippen LogP contribution in [-0.2, 0) is 16.1 Å². The maximum Gasteiger partial charge on any atom is 0.305 e. The van der Waals surface area contributed by atoms with Crippen molar-refractivity contribution >= 4 is 11.9 Å². The molecule has 1 N–H and O–H groups in total. The van der Waals surface area contributed by atoms with Crippen LogP contribution in [0.5, 0.6) is 0 Å². The van der Waals surface area contributed by atoms with E-state index in [0.29, 0.717) is 36.0 Å². The van der Waals surface area contributed by atoms with Crippen LogP contribution >= 0.6 is 0 Å². The molecule has 0 saturated carbocycles. The normalized spacial score (nSPS) is 14.8. The minimum Gasteiger partial charge on any atom is -0.466 e. The quantitative estimate of drug-likeness (QED) is 0.680. The highest BCUT2D eigenvalue weighted by Crippen LogP contribution is 2.27. The molecule has 1 aromatic heterocycles. The van der Waals surface area contributed by atoms with Crippen LogP contribution in [-0.4, -0.2) is 40.7 Å². The molecule has 6 nitrogen and oxygen atoms in total. The maximum absolute atomic E-state index is 14.4.